The lowest BCUT2D eigenvalue weighted by atomic mass is 9.96. The number of fused-ring (bicyclic) bond motifs is 1. The summed E-state index contributed by atoms with van der Waals surface area (Å²) in [4.78, 5) is 0. The molecule has 1 N–H and O–H groups in total. The number of aryl methyl sites for hydroxylation is 1. The van der Waals surface area contributed by atoms with Gasteiger partial charge in [0.1, 0.15) is 0 Å². The minimum atomic E-state index is 0.441. The minimum Gasteiger partial charge on any atom is -0.309 e. The highest BCUT2D eigenvalue weighted by atomic mass is 35.5. The molecule has 2 unspecified atom stereocenters. The van der Waals surface area contributed by atoms with Gasteiger partial charge in [-0.3, -0.25) is 0 Å². The van der Waals surface area contributed by atoms with Crippen LogP contribution in [0.25, 0.3) is 0 Å². The standard InChI is InChI=1S/C13H18ClNS/c1-4-15-13-9(3)16-7-11-10(13)5-8(2)6-12(11)14/h5-6,9,13,15H,4,7H2,1-3H3. The van der Waals surface area contributed by atoms with E-state index in [1.165, 1.54) is 16.7 Å². The predicted molar refractivity (Wildman–Crippen MR) is 73.4 cm³/mol. The zero-order chi connectivity index (χ0) is 11.7. The fraction of sp³-hybridized carbons (Fsp3) is 0.538. The zero-order valence-electron chi connectivity index (χ0n) is 10.0. The maximum absolute atomic E-state index is 6.32. The molecule has 1 aliphatic rings. The van der Waals surface area contributed by atoms with Crippen LogP contribution in [0.2, 0.25) is 5.02 Å². The number of halogens is 1. The van der Waals surface area contributed by atoms with E-state index in [0.29, 0.717) is 11.3 Å². The normalized spacial score (nSPS) is 24.2. The Labute approximate surface area is 107 Å². The van der Waals surface area contributed by atoms with Crippen molar-refractivity contribution in [3.05, 3.63) is 33.8 Å². The number of nitrogens with one attached hydrogen (secondary N) is 1. The zero-order valence-corrected chi connectivity index (χ0v) is 11.6. The number of thioether (sulfide) groups is 1. The third-order valence-electron chi connectivity index (χ3n) is 3.09. The van der Waals surface area contributed by atoms with Gasteiger partial charge in [-0.2, -0.15) is 11.8 Å². The Bertz CT molecular complexity index is 392. The van der Waals surface area contributed by atoms with E-state index >= 15 is 0 Å². The van der Waals surface area contributed by atoms with Gasteiger partial charge in [-0.05, 0) is 36.2 Å². The molecule has 0 aromatic heterocycles. The third kappa shape index (κ3) is 2.24. The summed E-state index contributed by atoms with van der Waals surface area (Å²) in [6.07, 6.45) is 0. The molecule has 0 amide bonds. The van der Waals surface area contributed by atoms with Crippen molar-refractivity contribution >= 4 is 23.4 Å². The quantitative estimate of drug-likeness (QED) is 0.859. The van der Waals surface area contributed by atoms with Crippen LogP contribution in [0.1, 0.15) is 36.6 Å². The Kier molecular flexibility index (Phi) is 3.83. The second kappa shape index (κ2) is 4.99. The Balaban J connectivity index is 2.45. The molecule has 1 aromatic carbocycles. The molecule has 1 aliphatic heterocycles. The van der Waals surface area contributed by atoms with E-state index in [0.717, 1.165) is 17.3 Å². The third-order valence-corrected chi connectivity index (χ3v) is 4.68. The first-order valence-electron chi connectivity index (χ1n) is 5.77. The maximum atomic E-state index is 6.32. The second-order valence-corrected chi connectivity index (χ2v) is 6.14. The van der Waals surface area contributed by atoms with Gasteiger partial charge in [-0.25, -0.2) is 0 Å². The van der Waals surface area contributed by atoms with Gasteiger partial charge in [0.15, 0.2) is 0 Å². The van der Waals surface area contributed by atoms with Crippen molar-refractivity contribution in [2.45, 2.75) is 37.8 Å². The van der Waals surface area contributed by atoms with Crippen molar-refractivity contribution in [1.82, 2.24) is 5.32 Å². The summed E-state index contributed by atoms with van der Waals surface area (Å²) in [6, 6.07) is 4.79. The number of rotatable bonds is 2. The van der Waals surface area contributed by atoms with E-state index in [1.807, 2.05) is 11.8 Å². The summed E-state index contributed by atoms with van der Waals surface area (Å²) in [5.41, 5.74) is 3.98. The molecule has 0 spiro atoms. The number of benzene rings is 1. The van der Waals surface area contributed by atoms with Gasteiger partial charge in [0.05, 0.1) is 0 Å². The SMILES string of the molecule is CCNC1c2cc(C)cc(Cl)c2CSC1C. The van der Waals surface area contributed by atoms with E-state index in [-0.39, 0.29) is 0 Å². The van der Waals surface area contributed by atoms with Gasteiger partial charge in [0.2, 0.25) is 0 Å². The molecular weight excluding hydrogens is 238 g/mol. The van der Waals surface area contributed by atoms with Crippen LogP contribution in [0.5, 0.6) is 0 Å². The first-order chi connectivity index (χ1) is 7.63. The molecule has 88 valence electrons. The topological polar surface area (TPSA) is 12.0 Å². The summed E-state index contributed by atoms with van der Waals surface area (Å²) in [7, 11) is 0. The van der Waals surface area contributed by atoms with Crippen molar-refractivity contribution in [1.29, 1.82) is 0 Å². The molecule has 0 bridgehead atoms. The smallest absolute Gasteiger partial charge is 0.0452 e. The average Bonchev–Trinajstić information content (AvgIpc) is 2.22. The summed E-state index contributed by atoms with van der Waals surface area (Å²) < 4.78 is 0. The van der Waals surface area contributed by atoms with Crippen LogP contribution >= 0.6 is 23.4 Å². The lowest BCUT2D eigenvalue weighted by Crippen LogP contribution is -2.32. The number of hydrogen-bond acceptors (Lipinski definition) is 2. The summed E-state index contributed by atoms with van der Waals surface area (Å²) in [5.74, 6) is 1.04. The molecule has 0 radical (unpaired) electrons. The molecule has 2 rings (SSSR count). The van der Waals surface area contributed by atoms with Gasteiger partial charge < -0.3 is 5.32 Å². The van der Waals surface area contributed by atoms with Crippen LogP contribution in [-0.2, 0) is 5.75 Å². The largest absolute Gasteiger partial charge is 0.309 e. The van der Waals surface area contributed by atoms with Crippen LogP contribution in [0.3, 0.4) is 0 Å². The highest BCUT2D eigenvalue weighted by Crippen LogP contribution is 2.40. The molecule has 0 saturated carbocycles. The number of hydrogen-bond donors (Lipinski definition) is 1. The van der Waals surface area contributed by atoms with Gasteiger partial charge in [-0.15, -0.1) is 0 Å². The Morgan fingerprint density at radius 3 is 2.94 bits per heavy atom. The molecule has 0 fully saturated rings. The van der Waals surface area contributed by atoms with Gasteiger partial charge >= 0.3 is 0 Å². The van der Waals surface area contributed by atoms with E-state index in [2.05, 4.69) is 38.2 Å². The molecule has 0 saturated heterocycles. The molecule has 1 nitrogen and oxygen atoms in total. The van der Waals surface area contributed by atoms with Crippen molar-refractivity contribution in [2.24, 2.45) is 0 Å². The van der Waals surface area contributed by atoms with Crippen LogP contribution < -0.4 is 5.32 Å². The van der Waals surface area contributed by atoms with Crippen LogP contribution in [0.15, 0.2) is 12.1 Å². The first kappa shape index (κ1) is 12.3. The summed E-state index contributed by atoms with van der Waals surface area (Å²) in [6.45, 7) is 7.56. The van der Waals surface area contributed by atoms with Crippen LogP contribution in [-0.4, -0.2) is 11.8 Å². The molecule has 0 aliphatic carbocycles. The fourth-order valence-electron chi connectivity index (χ4n) is 2.29. The average molecular weight is 256 g/mol. The predicted octanol–water partition coefficient (Wildman–Crippen LogP) is 3.93. The van der Waals surface area contributed by atoms with E-state index < -0.39 is 0 Å². The summed E-state index contributed by atoms with van der Waals surface area (Å²) in [5, 5.41) is 5.11. The van der Waals surface area contributed by atoms with E-state index in [1.54, 1.807) is 0 Å². The molecule has 1 heterocycles. The van der Waals surface area contributed by atoms with Crippen molar-refractivity contribution < 1.29 is 0 Å². The van der Waals surface area contributed by atoms with E-state index in [4.69, 9.17) is 11.6 Å². The highest BCUT2D eigenvalue weighted by Gasteiger charge is 2.27. The second-order valence-electron chi connectivity index (χ2n) is 4.37. The minimum absolute atomic E-state index is 0.441. The molecule has 16 heavy (non-hydrogen) atoms. The van der Waals surface area contributed by atoms with Crippen LogP contribution in [0.4, 0.5) is 0 Å². The van der Waals surface area contributed by atoms with Gasteiger partial charge in [-0.1, -0.05) is 31.5 Å². The van der Waals surface area contributed by atoms with Gasteiger partial charge in [0, 0.05) is 22.1 Å². The molecular formula is C13H18ClNS. The van der Waals surface area contributed by atoms with Crippen molar-refractivity contribution in [2.75, 3.05) is 6.54 Å². The van der Waals surface area contributed by atoms with Crippen molar-refractivity contribution in [3.8, 4) is 0 Å². The fourth-order valence-corrected chi connectivity index (χ4v) is 3.90. The summed E-state index contributed by atoms with van der Waals surface area (Å²) >= 11 is 8.30. The maximum Gasteiger partial charge on any atom is 0.0452 e. The lowest BCUT2D eigenvalue weighted by molar-refractivity contribution is 0.539. The molecule has 1 aromatic rings. The van der Waals surface area contributed by atoms with Crippen molar-refractivity contribution in [3.63, 3.8) is 0 Å². The van der Waals surface area contributed by atoms with E-state index in [9.17, 15) is 0 Å². The molecule has 2 atom stereocenters. The van der Waals surface area contributed by atoms with Crippen LogP contribution in [0, 0.1) is 6.92 Å². The highest BCUT2D eigenvalue weighted by molar-refractivity contribution is 7.99. The first-order valence-corrected chi connectivity index (χ1v) is 7.20. The Hall–Kier alpha value is -0.180. The Morgan fingerprint density at radius 1 is 1.50 bits per heavy atom. The Morgan fingerprint density at radius 2 is 2.25 bits per heavy atom. The molecule has 3 heteroatoms. The lowest BCUT2D eigenvalue weighted by Gasteiger charge is -2.32. The van der Waals surface area contributed by atoms with Gasteiger partial charge in [0.25, 0.3) is 0 Å². The monoisotopic (exact) mass is 255 g/mol.